The number of benzene rings is 1. The van der Waals surface area contributed by atoms with Gasteiger partial charge in [0.2, 0.25) is 0 Å². The predicted octanol–water partition coefficient (Wildman–Crippen LogP) is 3.76. The number of nitrogens with zero attached hydrogens (tertiary/aromatic N) is 2. The molecule has 1 aromatic heterocycles. The molecule has 5 heteroatoms. The zero-order valence-electron chi connectivity index (χ0n) is 15.8. The lowest BCUT2D eigenvalue weighted by atomic mass is 9.89. The average molecular weight is 366 g/mol. The van der Waals surface area contributed by atoms with E-state index in [9.17, 15) is 9.59 Å². The van der Waals surface area contributed by atoms with E-state index in [-0.39, 0.29) is 23.4 Å². The Morgan fingerprint density at radius 2 is 2.07 bits per heavy atom. The molecule has 2 aliphatic rings. The summed E-state index contributed by atoms with van der Waals surface area (Å²) in [5, 5.41) is 1.04. The van der Waals surface area contributed by atoms with Crippen molar-refractivity contribution in [1.29, 1.82) is 0 Å². The highest BCUT2D eigenvalue weighted by Gasteiger charge is 2.44. The minimum Gasteiger partial charge on any atom is -0.370 e. The third kappa shape index (κ3) is 3.88. The molecule has 2 aliphatic heterocycles. The number of ether oxygens (including phenoxy) is 1. The number of fused-ring (bicyclic) bond motifs is 1. The lowest BCUT2D eigenvalue weighted by molar-refractivity contribution is -0.118. The summed E-state index contributed by atoms with van der Waals surface area (Å²) in [7, 11) is 0. The zero-order valence-corrected chi connectivity index (χ0v) is 15.8. The SMILES string of the molecule is CC(=O)CC[C@@H]1CC[C@]2(CCCN(C(=O)c3ccc4ccccc4n3)C2)O1. The molecule has 2 atom stereocenters. The van der Waals surface area contributed by atoms with Crippen LogP contribution in [0.2, 0.25) is 0 Å². The number of pyridine rings is 1. The van der Waals surface area contributed by atoms with Crippen molar-refractivity contribution in [2.24, 2.45) is 0 Å². The molecule has 0 bridgehead atoms. The molecule has 0 unspecified atom stereocenters. The highest BCUT2D eigenvalue weighted by molar-refractivity contribution is 5.95. The monoisotopic (exact) mass is 366 g/mol. The van der Waals surface area contributed by atoms with E-state index in [0.29, 0.717) is 18.7 Å². The van der Waals surface area contributed by atoms with Crippen LogP contribution in [0.5, 0.6) is 0 Å². The first kappa shape index (κ1) is 18.1. The maximum absolute atomic E-state index is 13.0. The molecular formula is C22H26N2O3. The molecule has 142 valence electrons. The highest BCUT2D eigenvalue weighted by Crippen LogP contribution is 2.39. The largest absolute Gasteiger partial charge is 0.370 e. The van der Waals surface area contributed by atoms with Gasteiger partial charge in [-0.15, -0.1) is 0 Å². The predicted molar refractivity (Wildman–Crippen MR) is 104 cm³/mol. The number of Topliss-reactive ketones (excluding diaryl/α,β-unsaturated/α-hetero) is 1. The van der Waals surface area contributed by atoms with Crippen LogP contribution < -0.4 is 0 Å². The van der Waals surface area contributed by atoms with Crippen molar-refractivity contribution in [2.75, 3.05) is 13.1 Å². The van der Waals surface area contributed by atoms with Gasteiger partial charge in [-0.25, -0.2) is 4.98 Å². The summed E-state index contributed by atoms with van der Waals surface area (Å²) in [6.07, 6.45) is 5.37. The Hall–Kier alpha value is -2.27. The van der Waals surface area contributed by atoms with Crippen LogP contribution in [0, 0.1) is 0 Å². The summed E-state index contributed by atoms with van der Waals surface area (Å²) in [4.78, 5) is 30.7. The summed E-state index contributed by atoms with van der Waals surface area (Å²) in [5.74, 6) is 0.193. The zero-order chi connectivity index (χ0) is 18.9. The molecule has 0 radical (unpaired) electrons. The molecule has 1 spiro atoms. The van der Waals surface area contributed by atoms with E-state index >= 15 is 0 Å². The van der Waals surface area contributed by atoms with Crippen molar-refractivity contribution in [3.63, 3.8) is 0 Å². The van der Waals surface area contributed by atoms with Crippen molar-refractivity contribution in [1.82, 2.24) is 9.88 Å². The number of piperidine rings is 1. The summed E-state index contributed by atoms with van der Waals surface area (Å²) < 4.78 is 6.36. The van der Waals surface area contributed by atoms with Crippen LogP contribution in [-0.4, -0.2) is 46.4 Å². The number of ketones is 1. The van der Waals surface area contributed by atoms with E-state index in [0.717, 1.165) is 49.6 Å². The molecule has 1 aromatic carbocycles. The lowest BCUT2D eigenvalue weighted by Gasteiger charge is -2.40. The first-order chi connectivity index (χ1) is 13.0. The Morgan fingerprint density at radius 1 is 1.22 bits per heavy atom. The lowest BCUT2D eigenvalue weighted by Crippen LogP contribution is -2.50. The molecular weight excluding hydrogens is 340 g/mol. The number of hydrogen-bond acceptors (Lipinski definition) is 4. The van der Waals surface area contributed by atoms with E-state index in [1.807, 2.05) is 41.3 Å². The molecule has 4 rings (SSSR count). The molecule has 27 heavy (non-hydrogen) atoms. The molecule has 2 fully saturated rings. The van der Waals surface area contributed by atoms with E-state index < -0.39 is 0 Å². The van der Waals surface area contributed by atoms with Crippen molar-refractivity contribution in [2.45, 2.75) is 57.2 Å². The van der Waals surface area contributed by atoms with Crippen LogP contribution in [0.3, 0.4) is 0 Å². The second-order valence-electron chi connectivity index (χ2n) is 7.92. The fourth-order valence-corrected chi connectivity index (χ4v) is 4.38. The minimum atomic E-state index is -0.244. The molecule has 5 nitrogen and oxygen atoms in total. The van der Waals surface area contributed by atoms with Gasteiger partial charge in [-0.1, -0.05) is 24.3 Å². The number of carbonyl (C=O) groups excluding carboxylic acids is 2. The third-order valence-corrected chi connectivity index (χ3v) is 5.80. The van der Waals surface area contributed by atoms with E-state index in [2.05, 4.69) is 4.98 Å². The van der Waals surface area contributed by atoms with Gasteiger partial charge in [0, 0.05) is 18.4 Å². The number of rotatable bonds is 4. The molecule has 2 saturated heterocycles. The fourth-order valence-electron chi connectivity index (χ4n) is 4.38. The van der Waals surface area contributed by atoms with Crippen LogP contribution in [-0.2, 0) is 9.53 Å². The fraction of sp³-hybridized carbons (Fsp3) is 0.500. The van der Waals surface area contributed by atoms with Crippen molar-refractivity contribution in [3.05, 3.63) is 42.1 Å². The summed E-state index contributed by atoms with van der Waals surface area (Å²) in [5.41, 5.74) is 1.10. The van der Waals surface area contributed by atoms with Gasteiger partial charge in [0.25, 0.3) is 5.91 Å². The first-order valence-electron chi connectivity index (χ1n) is 9.87. The molecule has 3 heterocycles. The van der Waals surface area contributed by atoms with Crippen LogP contribution in [0.25, 0.3) is 10.9 Å². The Kier molecular flexibility index (Phi) is 4.96. The maximum atomic E-state index is 13.0. The van der Waals surface area contributed by atoms with Crippen molar-refractivity contribution >= 4 is 22.6 Å². The van der Waals surface area contributed by atoms with Crippen LogP contribution >= 0.6 is 0 Å². The standard InChI is InChI=1S/C22H26N2O3/c1-16(25)7-9-18-11-13-22(27-18)12-4-14-24(15-22)21(26)20-10-8-17-5-2-3-6-19(17)23-20/h2-3,5-6,8,10,18H,4,7,9,11-15H2,1H3/t18-,22+/m1/s1. The van der Waals surface area contributed by atoms with E-state index in [1.165, 1.54) is 0 Å². The van der Waals surface area contributed by atoms with E-state index in [4.69, 9.17) is 4.74 Å². The topological polar surface area (TPSA) is 59.5 Å². The normalized spacial score (nSPS) is 25.2. The van der Waals surface area contributed by atoms with E-state index in [1.54, 1.807) is 6.92 Å². The number of hydrogen-bond donors (Lipinski definition) is 0. The third-order valence-electron chi connectivity index (χ3n) is 5.80. The molecule has 0 N–H and O–H groups in total. The average Bonchev–Trinajstić information content (AvgIpc) is 3.07. The molecule has 2 aromatic rings. The number of amides is 1. The quantitative estimate of drug-likeness (QED) is 0.827. The number of likely N-dealkylation sites (tertiary alicyclic amines) is 1. The van der Waals surface area contributed by atoms with Gasteiger partial charge >= 0.3 is 0 Å². The van der Waals surface area contributed by atoms with Crippen molar-refractivity contribution < 1.29 is 14.3 Å². The molecule has 0 saturated carbocycles. The number of aromatic nitrogens is 1. The van der Waals surface area contributed by atoms with Crippen molar-refractivity contribution in [3.8, 4) is 0 Å². The smallest absolute Gasteiger partial charge is 0.272 e. The maximum Gasteiger partial charge on any atom is 0.272 e. The summed E-state index contributed by atoms with van der Waals surface area (Å²) in [6.45, 7) is 3.00. The Morgan fingerprint density at radius 3 is 2.93 bits per heavy atom. The Labute approximate surface area is 159 Å². The molecule has 1 amide bonds. The van der Waals surface area contributed by atoms with Gasteiger partial charge in [0.05, 0.1) is 23.8 Å². The van der Waals surface area contributed by atoms with Crippen LogP contribution in [0.4, 0.5) is 0 Å². The van der Waals surface area contributed by atoms with Gasteiger partial charge in [-0.2, -0.15) is 0 Å². The van der Waals surface area contributed by atoms with Gasteiger partial charge < -0.3 is 14.4 Å². The number of para-hydroxylation sites is 1. The van der Waals surface area contributed by atoms with Gasteiger partial charge in [0.15, 0.2) is 0 Å². The Balaban J connectivity index is 1.46. The van der Waals surface area contributed by atoms with Crippen LogP contribution in [0.15, 0.2) is 36.4 Å². The highest BCUT2D eigenvalue weighted by atomic mass is 16.5. The minimum absolute atomic E-state index is 0.0179. The first-order valence-corrected chi connectivity index (χ1v) is 9.87. The summed E-state index contributed by atoms with van der Waals surface area (Å²) in [6, 6.07) is 11.6. The Bertz CT molecular complexity index is 866. The van der Waals surface area contributed by atoms with Gasteiger partial charge in [0.1, 0.15) is 11.5 Å². The second-order valence-corrected chi connectivity index (χ2v) is 7.92. The molecule has 0 aliphatic carbocycles. The summed E-state index contributed by atoms with van der Waals surface area (Å²) >= 11 is 0. The second kappa shape index (κ2) is 7.39. The number of carbonyl (C=O) groups is 2. The van der Waals surface area contributed by atoms with Crippen LogP contribution in [0.1, 0.15) is 55.9 Å². The van der Waals surface area contributed by atoms with Gasteiger partial charge in [-0.05, 0) is 51.2 Å². The van der Waals surface area contributed by atoms with Gasteiger partial charge in [-0.3, -0.25) is 4.79 Å².